The first-order valence-electron chi connectivity index (χ1n) is 7.61. The van der Waals surface area contributed by atoms with Gasteiger partial charge in [0.2, 0.25) is 0 Å². The van der Waals surface area contributed by atoms with E-state index in [9.17, 15) is 4.79 Å². The van der Waals surface area contributed by atoms with E-state index < -0.39 is 0 Å². The van der Waals surface area contributed by atoms with Gasteiger partial charge in [0, 0.05) is 23.5 Å². The molecule has 116 valence electrons. The highest BCUT2D eigenvalue weighted by atomic mass is 32.1. The molecule has 1 atom stereocenters. The summed E-state index contributed by atoms with van der Waals surface area (Å²) in [5.41, 5.74) is 9.97. The van der Waals surface area contributed by atoms with Crippen molar-refractivity contribution in [2.24, 2.45) is 11.7 Å². The maximum Gasteiger partial charge on any atom is 0.270 e. The molecule has 0 saturated heterocycles. The van der Waals surface area contributed by atoms with Crippen LogP contribution >= 0.6 is 11.3 Å². The van der Waals surface area contributed by atoms with Gasteiger partial charge in [-0.25, -0.2) is 4.98 Å². The third-order valence-corrected chi connectivity index (χ3v) is 4.95. The first-order chi connectivity index (χ1) is 10.5. The van der Waals surface area contributed by atoms with Crippen LogP contribution in [0.4, 0.5) is 0 Å². The Hall–Kier alpha value is -1.72. The SMILES string of the molecule is Cc1ccc(-c2nc(C(=O)NCC(N)C3CC3)cs2)c(C)c1. The minimum absolute atomic E-state index is 0.0707. The molecule has 1 aromatic carbocycles. The fraction of sp³-hybridized carbons (Fsp3) is 0.412. The van der Waals surface area contributed by atoms with Crippen LogP contribution in [-0.2, 0) is 0 Å². The lowest BCUT2D eigenvalue weighted by Gasteiger charge is -2.10. The van der Waals surface area contributed by atoms with E-state index >= 15 is 0 Å². The lowest BCUT2D eigenvalue weighted by atomic mass is 10.1. The molecule has 1 amide bonds. The number of carbonyl (C=O) groups excluding carboxylic acids is 1. The summed E-state index contributed by atoms with van der Waals surface area (Å²) in [6.07, 6.45) is 2.37. The average molecular weight is 315 g/mol. The molecule has 5 heteroatoms. The number of amides is 1. The summed E-state index contributed by atoms with van der Waals surface area (Å²) in [6, 6.07) is 6.33. The molecular weight excluding hydrogens is 294 g/mol. The summed E-state index contributed by atoms with van der Waals surface area (Å²) in [6.45, 7) is 4.67. The number of nitrogens with one attached hydrogen (secondary N) is 1. The summed E-state index contributed by atoms with van der Waals surface area (Å²) < 4.78 is 0. The van der Waals surface area contributed by atoms with E-state index in [1.165, 1.54) is 35.3 Å². The monoisotopic (exact) mass is 315 g/mol. The highest BCUT2D eigenvalue weighted by Crippen LogP contribution is 2.31. The molecule has 1 unspecified atom stereocenters. The highest BCUT2D eigenvalue weighted by molar-refractivity contribution is 7.13. The molecule has 3 rings (SSSR count). The molecular formula is C17H21N3OS. The summed E-state index contributed by atoms with van der Waals surface area (Å²) >= 11 is 1.50. The van der Waals surface area contributed by atoms with Crippen molar-refractivity contribution in [2.75, 3.05) is 6.54 Å². The number of thiazole rings is 1. The minimum Gasteiger partial charge on any atom is -0.349 e. The Morgan fingerprint density at radius 2 is 2.23 bits per heavy atom. The van der Waals surface area contributed by atoms with E-state index in [1.54, 1.807) is 0 Å². The number of rotatable bonds is 5. The molecule has 3 N–H and O–H groups in total. The fourth-order valence-corrected chi connectivity index (χ4v) is 3.44. The Kier molecular flexibility index (Phi) is 4.27. The van der Waals surface area contributed by atoms with Gasteiger partial charge in [-0.1, -0.05) is 23.8 Å². The quantitative estimate of drug-likeness (QED) is 0.891. The Morgan fingerprint density at radius 1 is 1.45 bits per heavy atom. The number of aromatic nitrogens is 1. The van der Waals surface area contributed by atoms with Crippen molar-refractivity contribution in [1.82, 2.24) is 10.3 Å². The zero-order valence-electron chi connectivity index (χ0n) is 12.9. The van der Waals surface area contributed by atoms with Crippen molar-refractivity contribution in [1.29, 1.82) is 0 Å². The van der Waals surface area contributed by atoms with Gasteiger partial charge < -0.3 is 11.1 Å². The molecule has 1 aliphatic rings. The lowest BCUT2D eigenvalue weighted by Crippen LogP contribution is -2.38. The van der Waals surface area contributed by atoms with Crippen LogP contribution in [0.25, 0.3) is 10.6 Å². The van der Waals surface area contributed by atoms with E-state index in [1.807, 2.05) is 5.38 Å². The summed E-state index contributed by atoms with van der Waals surface area (Å²) in [5, 5.41) is 5.58. The molecule has 1 heterocycles. The topological polar surface area (TPSA) is 68.0 Å². The van der Waals surface area contributed by atoms with Gasteiger partial charge in [0.05, 0.1) is 0 Å². The Balaban J connectivity index is 1.68. The molecule has 0 spiro atoms. The van der Waals surface area contributed by atoms with Crippen LogP contribution in [0.5, 0.6) is 0 Å². The summed E-state index contributed by atoms with van der Waals surface area (Å²) in [5.74, 6) is 0.449. The number of hydrogen-bond donors (Lipinski definition) is 2. The van der Waals surface area contributed by atoms with Crippen LogP contribution in [0.2, 0.25) is 0 Å². The zero-order chi connectivity index (χ0) is 15.7. The molecule has 0 bridgehead atoms. The molecule has 1 aliphatic carbocycles. The maximum absolute atomic E-state index is 12.2. The number of aryl methyl sites for hydroxylation is 2. The molecule has 4 nitrogen and oxygen atoms in total. The molecule has 1 fully saturated rings. The lowest BCUT2D eigenvalue weighted by molar-refractivity contribution is 0.0946. The van der Waals surface area contributed by atoms with Gasteiger partial charge in [0.25, 0.3) is 5.91 Å². The highest BCUT2D eigenvalue weighted by Gasteiger charge is 2.28. The van der Waals surface area contributed by atoms with Crippen molar-refractivity contribution < 1.29 is 4.79 Å². The number of nitrogens with zero attached hydrogens (tertiary/aromatic N) is 1. The van der Waals surface area contributed by atoms with Gasteiger partial charge in [0.1, 0.15) is 10.7 Å². The van der Waals surface area contributed by atoms with Gasteiger partial charge in [-0.3, -0.25) is 4.79 Å². The van der Waals surface area contributed by atoms with Crippen LogP contribution in [0.3, 0.4) is 0 Å². The van der Waals surface area contributed by atoms with E-state index in [-0.39, 0.29) is 11.9 Å². The van der Waals surface area contributed by atoms with E-state index in [0.717, 1.165) is 10.6 Å². The molecule has 1 saturated carbocycles. The number of benzene rings is 1. The standard InChI is InChI=1S/C17H21N3OS/c1-10-3-6-13(11(2)7-10)17-20-15(9-22-17)16(21)19-8-14(18)12-4-5-12/h3,6-7,9,12,14H,4-5,8,18H2,1-2H3,(H,19,21). The van der Waals surface area contributed by atoms with Crippen molar-refractivity contribution in [3.63, 3.8) is 0 Å². The van der Waals surface area contributed by atoms with Crippen LogP contribution < -0.4 is 11.1 Å². The Bertz CT molecular complexity index is 691. The molecule has 0 aliphatic heterocycles. The van der Waals surface area contributed by atoms with Gasteiger partial charge >= 0.3 is 0 Å². The Morgan fingerprint density at radius 3 is 2.91 bits per heavy atom. The van der Waals surface area contributed by atoms with E-state index in [0.29, 0.717) is 18.2 Å². The minimum atomic E-state index is -0.136. The smallest absolute Gasteiger partial charge is 0.270 e. The van der Waals surface area contributed by atoms with E-state index in [2.05, 4.69) is 42.3 Å². The molecule has 22 heavy (non-hydrogen) atoms. The Labute approximate surface area is 134 Å². The molecule has 0 radical (unpaired) electrons. The number of hydrogen-bond acceptors (Lipinski definition) is 4. The third-order valence-electron chi connectivity index (χ3n) is 4.07. The van der Waals surface area contributed by atoms with Gasteiger partial charge in [-0.2, -0.15) is 0 Å². The second-order valence-corrected chi connectivity index (χ2v) is 6.93. The van der Waals surface area contributed by atoms with E-state index in [4.69, 9.17) is 5.73 Å². The van der Waals surface area contributed by atoms with Crippen LogP contribution in [0.15, 0.2) is 23.6 Å². The second-order valence-electron chi connectivity index (χ2n) is 6.07. The number of nitrogens with two attached hydrogens (primary N) is 1. The van der Waals surface area contributed by atoms with Crippen molar-refractivity contribution in [3.05, 3.63) is 40.4 Å². The molecule has 1 aromatic heterocycles. The van der Waals surface area contributed by atoms with Crippen LogP contribution in [0, 0.1) is 19.8 Å². The van der Waals surface area contributed by atoms with Gasteiger partial charge in [-0.15, -0.1) is 11.3 Å². The zero-order valence-corrected chi connectivity index (χ0v) is 13.7. The second kappa shape index (κ2) is 6.18. The normalized spacial score (nSPS) is 15.6. The van der Waals surface area contributed by atoms with Gasteiger partial charge in [-0.05, 0) is 38.2 Å². The van der Waals surface area contributed by atoms with Crippen molar-refractivity contribution in [2.45, 2.75) is 32.7 Å². The first-order valence-corrected chi connectivity index (χ1v) is 8.49. The third kappa shape index (κ3) is 3.36. The molecule has 2 aromatic rings. The predicted octanol–water partition coefficient (Wildman–Crippen LogP) is 2.89. The average Bonchev–Trinajstić information content (AvgIpc) is 3.22. The summed E-state index contributed by atoms with van der Waals surface area (Å²) in [4.78, 5) is 16.6. The summed E-state index contributed by atoms with van der Waals surface area (Å²) in [7, 11) is 0. The largest absolute Gasteiger partial charge is 0.349 e. The number of carbonyl (C=O) groups is 1. The predicted molar refractivity (Wildman–Crippen MR) is 90.1 cm³/mol. The van der Waals surface area contributed by atoms with Crippen molar-refractivity contribution in [3.8, 4) is 10.6 Å². The first kappa shape index (κ1) is 15.2. The maximum atomic E-state index is 12.2. The van der Waals surface area contributed by atoms with Crippen molar-refractivity contribution >= 4 is 17.2 Å². The van der Waals surface area contributed by atoms with Crippen LogP contribution in [-0.4, -0.2) is 23.5 Å². The fourth-order valence-electron chi connectivity index (χ4n) is 2.55. The van der Waals surface area contributed by atoms with Crippen LogP contribution in [0.1, 0.15) is 34.5 Å². The van der Waals surface area contributed by atoms with Gasteiger partial charge in [0.15, 0.2) is 0 Å².